The van der Waals surface area contributed by atoms with E-state index in [-0.39, 0.29) is 24.1 Å². The van der Waals surface area contributed by atoms with E-state index >= 15 is 0 Å². The fraction of sp³-hybridized carbons (Fsp3) is 0.160. The molecule has 2 N–H and O–H groups in total. The quantitative estimate of drug-likeness (QED) is 0.179. The van der Waals surface area contributed by atoms with Crippen LogP contribution >= 0.6 is 12.2 Å². The number of allylic oxidation sites excluding steroid dienone is 4. The summed E-state index contributed by atoms with van der Waals surface area (Å²) in [7, 11) is 0. The Balaban J connectivity index is 0.00000193. The maximum Gasteiger partial charge on any atom is 0.221 e. The zero-order chi connectivity index (χ0) is 21.8. The monoisotopic (exact) mass is 710 g/mol. The number of azo groups is 1. The Bertz CT molecular complexity index is 1200. The Kier molecular flexibility index (Phi) is 8.18. The Labute approximate surface area is 193 Å². The minimum Gasteiger partial charge on any atom is -0.493 e. The zero-order valence-electron chi connectivity index (χ0n) is 18.3. The van der Waals surface area contributed by atoms with Crippen LogP contribution in [-0.2, 0) is 6.54 Å². The van der Waals surface area contributed by atoms with Crippen molar-refractivity contribution in [3.63, 3.8) is 0 Å². The number of hydrogen-bond acceptors (Lipinski definition) is 3. The zero-order valence-corrected chi connectivity index (χ0v) is 21.3. The standard InChI is InChI=1S/C24H22FN4OS.CH3.Lr/c1-16-7-5-6-10-19(13-16)26-24(31)28-27-22-20-14-18(25)11-12-21(20)29(23(22)30)15-17-8-3-2-4-9-17;;/h2-6,8-12,14,30H,7,13,15H2,1H3,(H,26,31);1H3;/q2*-1;. The topological polar surface area (TPSA) is 61.9 Å². The molecule has 33 heavy (non-hydrogen) atoms. The predicted octanol–water partition coefficient (Wildman–Crippen LogP) is 6.77. The fourth-order valence-corrected chi connectivity index (χ4v) is 3.75. The third-order valence-corrected chi connectivity index (χ3v) is 5.24. The van der Waals surface area contributed by atoms with E-state index in [1.54, 1.807) is 10.6 Å². The van der Waals surface area contributed by atoms with Crippen LogP contribution in [-0.4, -0.2) is 14.8 Å². The number of nitrogens with zero attached hydrogens (tertiary/aromatic N) is 3. The average molecular weight is 711 g/mol. The molecule has 0 aliphatic heterocycles. The van der Waals surface area contributed by atoms with E-state index in [4.69, 9.17) is 12.2 Å². The molecule has 5 nitrogen and oxygen atoms in total. The number of aromatic nitrogens is 1. The van der Waals surface area contributed by atoms with Crippen LogP contribution in [0, 0.1) is 19.2 Å². The number of hydrogen-bond donors (Lipinski definition) is 2. The van der Waals surface area contributed by atoms with Crippen molar-refractivity contribution in [1.82, 2.24) is 9.88 Å². The largest absolute Gasteiger partial charge is 0.493 e. The van der Waals surface area contributed by atoms with Gasteiger partial charge >= 0.3 is 0 Å². The smallest absolute Gasteiger partial charge is 0.221 e. The number of halogens is 1. The van der Waals surface area contributed by atoms with Crippen LogP contribution in [0.4, 0.5) is 10.1 Å². The first-order valence-electron chi connectivity index (χ1n) is 9.95. The Morgan fingerprint density at radius 3 is 2.76 bits per heavy atom. The molecule has 4 rings (SSSR count). The van der Waals surface area contributed by atoms with Crippen molar-refractivity contribution >= 4 is 33.9 Å². The van der Waals surface area contributed by atoms with Crippen molar-refractivity contribution in [3.8, 4) is 5.88 Å². The Morgan fingerprint density at radius 1 is 1.24 bits per heavy atom. The van der Waals surface area contributed by atoms with Crippen molar-refractivity contribution in [3.05, 3.63) is 97.2 Å². The molecule has 0 bridgehead atoms. The summed E-state index contributed by atoms with van der Waals surface area (Å²) in [6, 6.07) is 14.0. The van der Waals surface area contributed by atoms with Gasteiger partial charge in [0.05, 0.1) is 12.1 Å². The molecule has 0 fully saturated rings. The molecule has 0 amide bonds. The van der Waals surface area contributed by atoms with E-state index in [9.17, 15) is 9.50 Å². The number of rotatable bonds is 4. The minimum absolute atomic E-state index is 0. The summed E-state index contributed by atoms with van der Waals surface area (Å²) < 4.78 is 15.6. The van der Waals surface area contributed by atoms with Crippen LogP contribution in [0.15, 0.2) is 82.7 Å². The second kappa shape index (κ2) is 10.8. The average Bonchev–Trinajstić information content (AvgIpc) is 2.87. The molecule has 0 saturated heterocycles. The number of thiocarbonyl (C=S) groups is 1. The number of aromatic hydroxyl groups is 1. The van der Waals surface area contributed by atoms with Gasteiger partial charge in [-0.25, -0.2) is 4.39 Å². The summed E-state index contributed by atoms with van der Waals surface area (Å²) in [4.78, 5) is 0. The molecule has 1 aromatic heterocycles. The summed E-state index contributed by atoms with van der Waals surface area (Å²) in [5.74, 6) is 0.809. The van der Waals surface area contributed by atoms with E-state index in [0.717, 1.165) is 24.1 Å². The Morgan fingerprint density at radius 2 is 2.00 bits per heavy atom. The second-order valence-electron chi connectivity index (χ2n) is 7.49. The van der Waals surface area contributed by atoms with Gasteiger partial charge in [0.2, 0.25) is 11.0 Å². The van der Waals surface area contributed by atoms with E-state index in [0.29, 0.717) is 17.4 Å². The van der Waals surface area contributed by atoms with Crippen molar-refractivity contribution in [1.29, 1.82) is 0 Å². The summed E-state index contributed by atoms with van der Waals surface area (Å²) in [6.45, 7) is 2.51. The van der Waals surface area contributed by atoms with Crippen molar-refractivity contribution in [2.75, 3.05) is 0 Å². The second-order valence-corrected chi connectivity index (χ2v) is 7.88. The molecule has 0 atom stereocenters. The normalized spacial score (nSPS) is 13.8. The molecule has 0 saturated carbocycles. The van der Waals surface area contributed by atoms with E-state index in [1.807, 2.05) is 42.5 Å². The van der Waals surface area contributed by atoms with Gasteiger partial charge in [0, 0.05) is 5.39 Å². The third-order valence-electron chi connectivity index (χ3n) is 5.06. The van der Waals surface area contributed by atoms with Crippen molar-refractivity contribution in [2.45, 2.75) is 26.3 Å². The molecule has 1 aliphatic carbocycles. The summed E-state index contributed by atoms with van der Waals surface area (Å²) in [5.41, 5.74) is 2.78. The van der Waals surface area contributed by atoms with Gasteiger partial charge < -0.3 is 28.3 Å². The molecular formula is C25H25FLrN4OS-2. The first-order chi connectivity index (χ1) is 15.0. The number of fused-ring (bicyclic) bond motifs is 1. The molecule has 1 radical (unpaired) electrons. The van der Waals surface area contributed by atoms with Crippen LogP contribution in [0.3, 0.4) is 0 Å². The van der Waals surface area contributed by atoms with E-state index in [2.05, 4.69) is 28.5 Å². The predicted molar refractivity (Wildman–Crippen MR) is 131 cm³/mol. The molecule has 0 unspecified atom stereocenters. The number of benzene rings is 2. The van der Waals surface area contributed by atoms with Crippen LogP contribution in [0.2, 0.25) is 0 Å². The van der Waals surface area contributed by atoms with Gasteiger partial charge in [-0.05, 0) is 47.8 Å². The molecule has 1 aliphatic rings. The Hall–Kier alpha value is -4.32. The van der Waals surface area contributed by atoms with Crippen LogP contribution < -0.4 is 5.32 Å². The van der Waals surface area contributed by atoms with Gasteiger partial charge in [-0.15, -0.1) is 22.7 Å². The van der Waals surface area contributed by atoms with Crippen molar-refractivity contribution < 1.29 is 9.50 Å². The van der Waals surface area contributed by atoms with Gasteiger partial charge in [0.1, 0.15) is 5.82 Å². The van der Waals surface area contributed by atoms with E-state index < -0.39 is 5.82 Å². The maximum atomic E-state index is 13.9. The van der Waals surface area contributed by atoms with E-state index in [1.165, 1.54) is 18.1 Å². The van der Waals surface area contributed by atoms with Gasteiger partial charge in [0.15, 0.2) is 5.69 Å². The van der Waals surface area contributed by atoms with Crippen molar-refractivity contribution in [2.24, 2.45) is 10.2 Å². The fourth-order valence-electron chi connectivity index (χ4n) is 3.57. The van der Waals surface area contributed by atoms with Crippen LogP contribution in [0.1, 0.15) is 25.3 Å². The first-order valence-corrected chi connectivity index (χ1v) is 10.4. The summed E-state index contributed by atoms with van der Waals surface area (Å²) in [5, 5.41) is 22.9. The molecular weight excluding hydrogens is 685 g/mol. The summed E-state index contributed by atoms with van der Waals surface area (Å²) >= 11 is 5.31. The number of nitrogens with one attached hydrogen (secondary N) is 1. The molecule has 0 spiro atoms. The van der Waals surface area contributed by atoms with Gasteiger partial charge in [-0.3, -0.25) is 0 Å². The molecule has 3 aromatic rings. The SMILES string of the molecule is C[C-]1CC=CC=C(NC(=S)N=Nc2c(O)n(Cc3ccccc3)c3ccc(F)cc23)C1.[CH3-].[Lr]. The molecule has 1 heterocycles. The van der Waals surface area contributed by atoms with Crippen LogP contribution in [0.5, 0.6) is 5.88 Å². The third kappa shape index (κ3) is 5.68. The van der Waals surface area contributed by atoms with Gasteiger partial charge in [-0.1, -0.05) is 36.4 Å². The summed E-state index contributed by atoms with van der Waals surface area (Å²) in [6.07, 6.45) is 7.72. The molecule has 181 valence electrons. The van der Waals surface area contributed by atoms with Crippen LogP contribution in [0.25, 0.3) is 10.9 Å². The minimum atomic E-state index is -0.414. The van der Waals surface area contributed by atoms with Gasteiger partial charge in [0.25, 0.3) is 0 Å². The molecule has 2 aromatic carbocycles. The first kappa shape index (κ1) is 24.9. The van der Waals surface area contributed by atoms with Gasteiger partial charge in [-0.2, -0.15) is 13.3 Å². The molecule has 8 heteroatoms. The maximum absolute atomic E-state index is 13.9.